The highest BCUT2D eigenvalue weighted by atomic mass is 127. The molecule has 0 aliphatic heterocycles. The number of furan rings is 1. The molecule has 0 atom stereocenters. The molecular weight excluding hydrogens is 435 g/mol. The predicted octanol–water partition coefficient (Wildman–Crippen LogP) is 4.23. The third-order valence-corrected chi connectivity index (χ3v) is 4.31. The SMILES string of the molecule is CC(C)CNC(N)=NCc1ccc(-c2nc3ccccc3s2)o1.I. The molecule has 3 aromatic rings. The molecule has 0 bridgehead atoms. The monoisotopic (exact) mass is 456 g/mol. The fourth-order valence-electron chi connectivity index (χ4n) is 2.08. The molecule has 5 nitrogen and oxygen atoms in total. The normalized spacial score (nSPS) is 11.7. The lowest BCUT2D eigenvalue weighted by Crippen LogP contribution is -2.34. The Morgan fingerprint density at radius 3 is 2.83 bits per heavy atom. The quantitative estimate of drug-likeness (QED) is 0.342. The predicted molar refractivity (Wildman–Crippen MR) is 111 cm³/mol. The molecule has 7 heteroatoms. The van der Waals surface area contributed by atoms with Gasteiger partial charge in [-0.15, -0.1) is 35.3 Å². The van der Waals surface area contributed by atoms with E-state index in [2.05, 4.69) is 35.2 Å². The van der Waals surface area contributed by atoms with Gasteiger partial charge in [-0.1, -0.05) is 26.0 Å². The molecule has 1 aromatic carbocycles. The van der Waals surface area contributed by atoms with Crippen molar-refractivity contribution in [1.82, 2.24) is 10.3 Å². The number of aliphatic imine (C=N–C) groups is 1. The summed E-state index contributed by atoms with van der Waals surface area (Å²) in [4.78, 5) is 8.88. The Hall–Kier alpha value is -1.61. The lowest BCUT2D eigenvalue weighted by Gasteiger charge is -2.07. The topological polar surface area (TPSA) is 76.4 Å². The second kappa shape index (κ2) is 8.48. The Labute approximate surface area is 162 Å². The smallest absolute Gasteiger partial charge is 0.189 e. The average molecular weight is 456 g/mol. The minimum Gasteiger partial charge on any atom is -0.457 e. The fraction of sp³-hybridized carbons (Fsp3) is 0.294. The number of nitrogens with zero attached hydrogens (tertiary/aromatic N) is 2. The zero-order valence-electron chi connectivity index (χ0n) is 13.7. The molecule has 0 radical (unpaired) electrons. The van der Waals surface area contributed by atoms with Crippen LogP contribution in [0, 0.1) is 5.92 Å². The maximum absolute atomic E-state index is 5.83. The molecule has 0 aliphatic carbocycles. The molecule has 3 rings (SSSR count). The van der Waals surface area contributed by atoms with Crippen molar-refractivity contribution in [3.8, 4) is 10.8 Å². The van der Waals surface area contributed by atoms with Crippen LogP contribution in [0.4, 0.5) is 0 Å². The molecule has 0 saturated heterocycles. The van der Waals surface area contributed by atoms with Crippen molar-refractivity contribution in [2.24, 2.45) is 16.6 Å². The third kappa shape index (κ3) is 4.70. The number of fused-ring (bicyclic) bond motifs is 1. The van der Waals surface area contributed by atoms with E-state index in [-0.39, 0.29) is 24.0 Å². The first-order chi connectivity index (χ1) is 11.1. The van der Waals surface area contributed by atoms with Gasteiger partial charge in [0.1, 0.15) is 12.3 Å². The number of guanidine groups is 1. The standard InChI is InChI=1S/C17H20N4OS.HI/c1-11(2)9-19-17(18)20-10-12-7-8-14(22-12)16-21-13-5-3-4-6-15(13)23-16;/h3-8,11H,9-10H2,1-2H3,(H3,18,19,20);1H. The molecule has 3 N–H and O–H groups in total. The minimum atomic E-state index is 0. The molecule has 0 saturated carbocycles. The van der Waals surface area contributed by atoms with Gasteiger partial charge in [-0.3, -0.25) is 0 Å². The van der Waals surface area contributed by atoms with Crippen LogP contribution in [0.15, 0.2) is 45.8 Å². The molecule has 0 spiro atoms. The fourth-order valence-corrected chi connectivity index (χ4v) is 3.01. The summed E-state index contributed by atoms with van der Waals surface area (Å²) in [7, 11) is 0. The summed E-state index contributed by atoms with van der Waals surface area (Å²) < 4.78 is 6.99. The van der Waals surface area contributed by atoms with Crippen LogP contribution in [-0.2, 0) is 6.54 Å². The van der Waals surface area contributed by atoms with Crippen molar-refractivity contribution >= 4 is 51.5 Å². The molecule has 0 amide bonds. The lowest BCUT2D eigenvalue weighted by atomic mass is 10.2. The average Bonchev–Trinajstić information content (AvgIpc) is 3.16. The number of nitrogens with two attached hydrogens (primary N) is 1. The number of aromatic nitrogens is 1. The number of halogens is 1. The number of benzene rings is 1. The summed E-state index contributed by atoms with van der Waals surface area (Å²) in [5.74, 6) is 2.51. The molecule has 0 fully saturated rings. The highest BCUT2D eigenvalue weighted by molar-refractivity contribution is 14.0. The summed E-state index contributed by atoms with van der Waals surface area (Å²) >= 11 is 1.62. The van der Waals surface area contributed by atoms with Crippen LogP contribution in [0.5, 0.6) is 0 Å². The van der Waals surface area contributed by atoms with Gasteiger partial charge in [0.25, 0.3) is 0 Å². The van der Waals surface area contributed by atoms with Crippen molar-refractivity contribution in [1.29, 1.82) is 0 Å². The highest BCUT2D eigenvalue weighted by Crippen LogP contribution is 2.31. The first kappa shape index (κ1) is 18.7. The van der Waals surface area contributed by atoms with E-state index in [1.165, 1.54) is 0 Å². The second-order valence-electron chi connectivity index (χ2n) is 5.73. The maximum atomic E-state index is 5.83. The lowest BCUT2D eigenvalue weighted by molar-refractivity contribution is 0.524. The van der Waals surface area contributed by atoms with Gasteiger partial charge in [0.2, 0.25) is 0 Å². The molecule has 2 aromatic heterocycles. The number of hydrogen-bond acceptors (Lipinski definition) is 4. The largest absolute Gasteiger partial charge is 0.457 e. The zero-order valence-corrected chi connectivity index (χ0v) is 16.8. The van der Waals surface area contributed by atoms with Gasteiger partial charge in [-0.25, -0.2) is 9.98 Å². The van der Waals surface area contributed by atoms with E-state index in [4.69, 9.17) is 10.2 Å². The van der Waals surface area contributed by atoms with Gasteiger partial charge in [-0.05, 0) is 30.2 Å². The molecule has 24 heavy (non-hydrogen) atoms. The minimum absolute atomic E-state index is 0. The van der Waals surface area contributed by atoms with Gasteiger partial charge in [0.15, 0.2) is 16.7 Å². The number of rotatable bonds is 5. The molecule has 128 valence electrons. The zero-order chi connectivity index (χ0) is 16.2. The van der Waals surface area contributed by atoms with Crippen molar-refractivity contribution in [3.05, 3.63) is 42.2 Å². The van der Waals surface area contributed by atoms with E-state index in [1.807, 2.05) is 30.3 Å². The molecule has 0 unspecified atom stereocenters. The number of para-hydroxylation sites is 1. The van der Waals surface area contributed by atoms with Crippen LogP contribution in [0.2, 0.25) is 0 Å². The van der Waals surface area contributed by atoms with Crippen LogP contribution in [0.1, 0.15) is 19.6 Å². The Bertz CT molecular complexity index is 792. The number of nitrogens with one attached hydrogen (secondary N) is 1. The second-order valence-corrected chi connectivity index (χ2v) is 6.76. The summed E-state index contributed by atoms with van der Waals surface area (Å²) in [6.45, 7) is 5.47. The van der Waals surface area contributed by atoms with Crippen molar-refractivity contribution in [3.63, 3.8) is 0 Å². The van der Waals surface area contributed by atoms with E-state index < -0.39 is 0 Å². The van der Waals surface area contributed by atoms with E-state index in [0.717, 1.165) is 33.3 Å². The Kier molecular flexibility index (Phi) is 6.61. The highest BCUT2D eigenvalue weighted by Gasteiger charge is 2.10. The molecule has 2 heterocycles. The third-order valence-electron chi connectivity index (χ3n) is 3.26. The van der Waals surface area contributed by atoms with Gasteiger partial charge in [0, 0.05) is 6.54 Å². The van der Waals surface area contributed by atoms with Crippen LogP contribution in [-0.4, -0.2) is 17.5 Å². The first-order valence-electron chi connectivity index (χ1n) is 7.60. The maximum Gasteiger partial charge on any atom is 0.189 e. The Morgan fingerprint density at radius 2 is 2.08 bits per heavy atom. The molecular formula is C17H21IN4OS. The van der Waals surface area contributed by atoms with Crippen molar-refractivity contribution in [2.45, 2.75) is 20.4 Å². The summed E-state index contributed by atoms with van der Waals surface area (Å²) in [6, 6.07) is 11.9. The van der Waals surface area contributed by atoms with Gasteiger partial charge < -0.3 is 15.5 Å². The van der Waals surface area contributed by atoms with E-state index in [9.17, 15) is 0 Å². The van der Waals surface area contributed by atoms with Crippen LogP contribution in [0.25, 0.3) is 21.0 Å². The molecule has 0 aliphatic rings. The van der Waals surface area contributed by atoms with Gasteiger partial charge >= 0.3 is 0 Å². The van der Waals surface area contributed by atoms with Crippen molar-refractivity contribution in [2.75, 3.05) is 6.54 Å². The van der Waals surface area contributed by atoms with E-state index in [1.54, 1.807) is 11.3 Å². The van der Waals surface area contributed by atoms with E-state index >= 15 is 0 Å². The van der Waals surface area contributed by atoms with Crippen LogP contribution >= 0.6 is 35.3 Å². The number of thiazole rings is 1. The van der Waals surface area contributed by atoms with Gasteiger partial charge in [0.05, 0.1) is 10.2 Å². The first-order valence-corrected chi connectivity index (χ1v) is 8.42. The number of hydrogen-bond donors (Lipinski definition) is 2. The van der Waals surface area contributed by atoms with Crippen molar-refractivity contribution < 1.29 is 4.42 Å². The Morgan fingerprint density at radius 1 is 1.29 bits per heavy atom. The van der Waals surface area contributed by atoms with Crippen LogP contribution < -0.4 is 11.1 Å². The van der Waals surface area contributed by atoms with Crippen LogP contribution in [0.3, 0.4) is 0 Å². The summed E-state index contributed by atoms with van der Waals surface area (Å²) in [6.07, 6.45) is 0. The Balaban J connectivity index is 0.00000208. The van der Waals surface area contributed by atoms with E-state index in [0.29, 0.717) is 18.4 Å². The summed E-state index contributed by atoms with van der Waals surface area (Å²) in [5.41, 5.74) is 6.82. The summed E-state index contributed by atoms with van der Waals surface area (Å²) in [5, 5.41) is 3.97. The van der Waals surface area contributed by atoms with Gasteiger partial charge in [-0.2, -0.15) is 0 Å².